The zero-order valence-electron chi connectivity index (χ0n) is 18.1. The van der Waals surface area contributed by atoms with Gasteiger partial charge in [0.2, 0.25) is 5.91 Å². The Morgan fingerprint density at radius 3 is 2.60 bits per heavy atom. The normalized spacial score (nSPS) is 17.1. The predicted octanol–water partition coefficient (Wildman–Crippen LogP) is 4.25. The number of nitrogens with one attached hydrogen (secondary N) is 2. The lowest BCUT2D eigenvalue weighted by Gasteiger charge is -2.26. The summed E-state index contributed by atoms with van der Waals surface area (Å²) >= 11 is 0. The van der Waals surface area contributed by atoms with Crippen molar-refractivity contribution in [1.82, 2.24) is 15.2 Å². The first-order valence-corrected chi connectivity index (χ1v) is 11.3. The van der Waals surface area contributed by atoms with Gasteiger partial charge in [0, 0.05) is 41.6 Å². The molecule has 2 saturated carbocycles. The number of amides is 2. The van der Waals surface area contributed by atoms with Crippen LogP contribution in [0.15, 0.2) is 18.2 Å². The molecule has 2 fully saturated rings. The van der Waals surface area contributed by atoms with Gasteiger partial charge in [0.15, 0.2) is 0 Å². The lowest BCUT2D eigenvalue weighted by atomic mass is 9.95. The van der Waals surface area contributed by atoms with E-state index in [-0.39, 0.29) is 11.8 Å². The van der Waals surface area contributed by atoms with Gasteiger partial charge in [-0.05, 0) is 57.2 Å². The van der Waals surface area contributed by atoms with Crippen molar-refractivity contribution >= 4 is 22.7 Å². The molecule has 0 saturated heterocycles. The maximum atomic E-state index is 13.1. The zero-order valence-corrected chi connectivity index (χ0v) is 18.1. The van der Waals surface area contributed by atoms with Crippen molar-refractivity contribution in [2.75, 3.05) is 13.7 Å². The SMILES string of the molecule is COc1ccc2c(c1)c(C(=O)NCCCC(=O)NC1CC1)c(C)n2C1CCCCC1. The lowest BCUT2D eigenvalue weighted by Crippen LogP contribution is -2.28. The van der Waals surface area contributed by atoms with Crippen molar-refractivity contribution in [3.8, 4) is 5.75 Å². The summed E-state index contributed by atoms with van der Waals surface area (Å²) in [6.45, 7) is 2.55. The second kappa shape index (κ2) is 9.11. The van der Waals surface area contributed by atoms with E-state index in [9.17, 15) is 9.59 Å². The molecule has 162 valence electrons. The van der Waals surface area contributed by atoms with Crippen LogP contribution in [0, 0.1) is 6.92 Å². The molecule has 2 aliphatic rings. The van der Waals surface area contributed by atoms with Crippen LogP contribution in [0.4, 0.5) is 0 Å². The van der Waals surface area contributed by atoms with Crippen molar-refractivity contribution in [3.05, 3.63) is 29.5 Å². The van der Waals surface area contributed by atoms with Gasteiger partial charge >= 0.3 is 0 Å². The molecule has 0 atom stereocenters. The number of carbonyl (C=O) groups is 2. The Balaban J connectivity index is 1.51. The summed E-state index contributed by atoms with van der Waals surface area (Å²) in [6.07, 6.45) is 9.38. The van der Waals surface area contributed by atoms with E-state index in [2.05, 4.69) is 28.2 Å². The first-order chi connectivity index (χ1) is 14.6. The van der Waals surface area contributed by atoms with Crippen LogP contribution in [0.3, 0.4) is 0 Å². The van der Waals surface area contributed by atoms with Crippen molar-refractivity contribution in [2.24, 2.45) is 0 Å². The number of hydrogen-bond donors (Lipinski definition) is 2. The second-order valence-corrected chi connectivity index (χ2v) is 8.71. The Morgan fingerprint density at radius 1 is 1.13 bits per heavy atom. The minimum atomic E-state index is -0.0667. The Hall–Kier alpha value is -2.50. The molecule has 30 heavy (non-hydrogen) atoms. The Bertz CT molecular complexity index is 923. The molecule has 2 amide bonds. The summed E-state index contributed by atoms with van der Waals surface area (Å²) < 4.78 is 7.79. The molecule has 0 bridgehead atoms. The maximum Gasteiger partial charge on any atom is 0.253 e. The van der Waals surface area contributed by atoms with Gasteiger partial charge in [-0.3, -0.25) is 9.59 Å². The number of benzene rings is 1. The fourth-order valence-corrected chi connectivity index (χ4v) is 4.71. The molecule has 0 aliphatic heterocycles. The lowest BCUT2D eigenvalue weighted by molar-refractivity contribution is -0.121. The number of aromatic nitrogens is 1. The zero-order chi connectivity index (χ0) is 21.1. The van der Waals surface area contributed by atoms with Crippen LogP contribution in [0.5, 0.6) is 5.75 Å². The highest BCUT2D eigenvalue weighted by atomic mass is 16.5. The average molecular weight is 412 g/mol. The van der Waals surface area contributed by atoms with E-state index in [0.717, 1.165) is 53.6 Å². The van der Waals surface area contributed by atoms with E-state index < -0.39 is 0 Å². The van der Waals surface area contributed by atoms with Crippen LogP contribution in [0.25, 0.3) is 10.9 Å². The molecule has 6 heteroatoms. The number of nitrogens with zero attached hydrogens (tertiary/aromatic N) is 1. The number of carbonyl (C=O) groups excluding carboxylic acids is 2. The van der Waals surface area contributed by atoms with Crippen LogP contribution in [-0.2, 0) is 4.79 Å². The standard InChI is InChI=1S/C24H33N3O3/c1-16-23(24(29)25-14-6-9-22(28)26-17-10-11-17)20-15-19(30-2)12-13-21(20)27(16)18-7-4-3-5-8-18/h12-13,15,17-18H,3-11,14H2,1-2H3,(H,25,29)(H,26,28). The van der Waals surface area contributed by atoms with Crippen molar-refractivity contribution in [1.29, 1.82) is 0 Å². The van der Waals surface area contributed by atoms with Gasteiger partial charge in [-0.25, -0.2) is 0 Å². The third kappa shape index (κ3) is 4.47. The van der Waals surface area contributed by atoms with Gasteiger partial charge in [-0.2, -0.15) is 0 Å². The molecule has 2 aliphatic carbocycles. The molecular weight excluding hydrogens is 378 g/mol. The van der Waals surface area contributed by atoms with E-state index in [1.807, 2.05) is 12.1 Å². The minimum absolute atomic E-state index is 0.0667. The van der Waals surface area contributed by atoms with E-state index >= 15 is 0 Å². The first-order valence-electron chi connectivity index (χ1n) is 11.3. The minimum Gasteiger partial charge on any atom is -0.497 e. The monoisotopic (exact) mass is 411 g/mol. The first kappa shape index (κ1) is 20.8. The largest absolute Gasteiger partial charge is 0.497 e. The summed E-state index contributed by atoms with van der Waals surface area (Å²) in [7, 11) is 1.65. The van der Waals surface area contributed by atoms with Crippen LogP contribution in [0.1, 0.15) is 79.9 Å². The maximum absolute atomic E-state index is 13.1. The summed E-state index contributed by atoms with van der Waals surface area (Å²) in [6, 6.07) is 6.85. The predicted molar refractivity (Wildman–Crippen MR) is 118 cm³/mol. The second-order valence-electron chi connectivity index (χ2n) is 8.71. The van der Waals surface area contributed by atoms with Crippen LogP contribution in [0.2, 0.25) is 0 Å². The third-order valence-corrected chi connectivity index (χ3v) is 6.43. The average Bonchev–Trinajstić information content (AvgIpc) is 3.52. The van der Waals surface area contributed by atoms with Crippen molar-refractivity contribution in [3.63, 3.8) is 0 Å². The van der Waals surface area contributed by atoms with E-state index in [1.165, 1.54) is 19.3 Å². The van der Waals surface area contributed by atoms with Crippen LogP contribution in [-0.4, -0.2) is 36.1 Å². The number of ether oxygens (including phenoxy) is 1. The van der Waals surface area contributed by atoms with Gasteiger partial charge in [-0.1, -0.05) is 19.3 Å². The number of hydrogen-bond acceptors (Lipinski definition) is 3. The quantitative estimate of drug-likeness (QED) is 0.638. The summed E-state index contributed by atoms with van der Waals surface area (Å²) in [4.78, 5) is 25.0. The summed E-state index contributed by atoms with van der Waals surface area (Å²) in [5.41, 5.74) is 2.86. The van der Waals surface area contributed by atoms with Gasteiger partial charge in [0.05, 0.1) is 12.7 Å². The van der Waals surface area contributed by atoms with Gasteiger partial charge in [0.25, 0.3) is 5.91 Å². The fraction of sp³-hybridized carbons (Fsp3) is 0.583. The Labute approximate surface area is 178 Å². The molecule has 4 rings (SSSR count). The fourth-order valence-electron chi connectivity index (χ4n) is 4.71. The number of methoxy groups -OCH3 is 1. The van der Waals surface area contributed by atoms with Crippen LogP contribution >= 0.6 is 0 Å². The molecule has 2 aromatic rings. The smallest absolute Gasteiger partial charge is 0.253 e. The van der Waals surface area contributed by atoms with E-state index in [4.69, 9.17) is 4.74 Å². The Kier molecular flexibility index (Phi) is 6.30. The highest BCUT2D eigenvalue weighted by molar-refractivity contribution is 6.08. The number of rotatable bonds is 8. The van der Waals surface area contributed by atoms with Crippen molar-refractivity contribution < 1.29 is 14.3 Å². The third-order valence-electron chi connectivity index (χ3n) is 6.43. The molecule has 2 N–H and O–H groups in total. The topological polar surface area (TPSA) is 72.4 Å². The van der Waals surface area contributed by atoms with Gasteiger partial charge in [0.1, 0.15) is 5.75 Å². The highest BCUT2D eigenvalue weighted by Crippen LogP contribution is 2.37. The highest BCUT2D eigenvalue weighted by Gasteiger charge is 2.26. The number of fused-ring (bicyclic) bond motifs is 1. The molecule has 6 nitrogen and oxygen atoms in total. The molecule has 0 spiro atoms. The Morgan fingerprint density at radius 2 is 1.90 bits per heavy atom. The molecule has 0 radical (unpaired) electrons. The van der Waals surface area contributed by atoms with Crippen molar-refractivity contribution in [2.45, 2.75) is 76.8 Å². The van der Waals surface area contributed by atoms with Gasteiger partial charge in [-0.15, -0.1) is 0 Å². The van der Waals surface area contributed by atoms with Gasteiger partial charge < -0.3 is 19.9 Å². The molecule has 0 unspecified atom stereocenters. The summed E-state index contributed by atoms with van der Waals surface area (Å²) in [5.74, 6) is 0.776. The van der Waals surface area contributed by atoms with Crippen LogP contribution < -0.4 is 15.4 Å². The molecule has 1 aromatic heterocycles. The van der Waals surface area contributed by atoms with E-state index in [1.54, 1.807) is 7.11 Å². The summed E-state index contributed by atoms with van der Waals surface area (Å²) in [5, 5.41) is 6.97. The molecule has 1 heterocycles. The molecule has 1 aromatic carbocycles. The van der Waals surface area contributed by atoms with E-state index in [0.29, 0.717) is 31.5 Å². The molecular formula is C24H33N3O3.